The molecule has 4 atom stereocenters. The Morgan fingerprint density at radius 1 is 0.692 bits per heavy atom. The molecule has 0 N–H and O–H groups in total. The second-order valence-corrected chi connectivity index (χ2v) is 10.8. The molecular formula is C20H38N4O2. The molecular weight excluding hydrogens is 328 g/mol. The minimum atomic E-state index is 0.281. The van der Waals surface area contributed by atoms with Crippen LogP contribution < -0.4 is 0 Å². The fourth-order valence-corrected chi connectivity index (χ4v) is 5.00. The Morgan fingerprint density at radius 2 is 1.08 bits per heavy atom. The maximum atomic E-state index is 6.07. The number of hydrogen-bond acceptors (Lipinski definition) is 6. The van der Waals surface area contributed by atoms with Crippen LogP contribution in [0.25, 0.3) is 0 Å². The highest BCUT2D eigenvalue weighted by Gasteiger charge is 2.47. The average Bonchev–Trinajstić information content (AvgIpc) is 3.21. The fourth-order valence-electron chi connectivity index (χ4n) is 5.00. The molecule has 4 fully saturated rings. The summed E-state index contributed by atoms with van der Waals surface area (Å²) in [5, 5.41) is 0. The monoisotopic (exact) mass is 366 g/mol. The van der Waals surface area contributed by atoms with Gasteiger partial charge in [0.1, 0.15) is 12.5 Å². The highest BCUT2D eigenvalue weighted by atomic mass is 16.5. The Balaban J connectivity index is 1.27. The molecule has 4 saturated heterocycles. The van der Waals surface area contributed by atoms with Gasteiger partial charge in [-0.1, -0.05) is 41.5 Å². The Hall–Kier alpha value is -0.240. The highest BCUT2D eigenvalue weighted by molar-refractivity contribution is 4.95. The van der Waals surface area contributed by atoms with Gasteiger partial charge in [0.15, 0.2) is 0 Å². The predicted octanol–water partition coefficient (Wildman–Crippen LogP) is 1.68. The standard InChI is InChI=1S/C20H38N4O2/c1-19(2,3)15-11-25-17-9-21(13-23(15)17)7-8-22-10-18-24(14-22)16(12-26-18)20(4,5)6/h15-18H,7-14H2,1-6H3/t15-,16-,17?,18?/m1/s1. The maximum Gasteiger partial charge on any atom is 0.124 e. The summed E-state index contributed by atoms with van der Waals surface area (Å²) >= 11 is 0. The van der Waals surface area contributed by atoms with Gasteiger partial charge in [0.2, 0.25) is 0 Å². The molecule has 0 saturated carbocycles. The van der Waals surface area contributed by atoms with Gasteiger partial charge in [0, 0.05) is 38.3 Å². The number of fused-ring (bicyclic) bond motifs is 2. The summed E-state index contributed by atoms with van der Waals surface area (Å²) in [6, 6.07) is 1.08. The van der Waals surface area contributed by atoms with E-state index >= 15 is 0 Å². The summed E-state index contributed by atoms with van der Waals surface area (Å²) in [6.45, 7) is 22.2. The van der Waals surface area contributed by atoms with E-state index in [4.69, 9.17) is 9.47 Å². The number of hydrogen-bond donors (Lipinski definition) is 0. The van der Waals surface area contributed by atoms with E-state index in [9.17, 15) is 0 Å². The van der Waals surface area contributed by atoms with Gasteiger partial charge in [-0.25, -0.2) is 0 Å². The highest BCUT2D eigenvalue weighted by Crippen LogP contribution is 2.36. The van der Waals surface area contributed by atoms with Crippen LogP contribution in [0.5, 0.6) is 0 Å². The predicted molar refractivity (Wildman–Crippen MR) is 103 cm³/mol. The van der Waals surface area contributed by atoms with Gasteiger partial charge in [-0.05, 0) is 10.8 Å². The summed E-state index contributed by atoms with van der Waals surface area (Å²) in [5.74, 6) is 0. The van der Waals surface area contributed by atoms with Crippen LogP contribution in [0.3, 0.4) is 0 Å². The zero-order valence-corrected chi connectivity index (χ0v) is 17.6. The van der Waals surface area contributed by atoms with E-state index in [1.165, 1.54) is 0 Å². The summed E-state index contributed by atoms with van der Waals surface area (Å²) in [6.07, 6.45) is 0.601. The first-order valence-corrected chi connectivity index (χ1v) is 10.3. The quantitative estimate of drug-likeness (QED) is 0.755. The lowest BCUT2D eigenvalue weighted by Gasteiger charge is -2.33. The summed E-state index contributed by atoms with van der Waals surface area (Å²) in [7, 11) is 0. The van der Waals surface area contributed by atoms with E-state index in [1.54, 1.807) is 0 Å². The van der Waals surface area contributed by atoms with Gasteiger partial charge in [0.05, 0.1) is 26.6 Å². The number of ether oxygens (including phenoxy) is 2. The molecule has 2 unspecified atom stereocenters. The van der Waals surface area contributed by atoms with Crippen LogP contribution in [-0.4, -0.2) is 96.9 Å². The first kappa shape index (κ1) is 19.1. The van der Waals surface area contributed by atoms with Crippen molar-refractivity contribution < 1.29 is 9.47 Å². The molecule has 6 nitrogen and oxygen atoms in total. The molecule has 0 radical (unpaired) electrons. The molecule has 4 rings (SSSR count). The van der Waals surface area contributed by atoms with E-state index in [0.717, 1.165) is 52.7 Å². The smallest absolute Gasteiger partial charge is 0.124 e. The van der Waals surface area contributed by atoms with Crippen LogP contribution in [0.4, 0.5) is 0 Å². The zero-order valence-electron chi connectivity index (χ0n) is 17.6. The topological polar surface area (TPSA) is 31.4 Å². The van der Waals surface area contributed by atoms with Gasteiger partial charge in [-0.2, -0.15) is 0 Å². The van der Waals surface area contributed by atoms with Crippen molar-refractivity contribution in [2.24, 2.45) is 10.8 Å². The number of rotatable bonds is 3. The van der Waals surface area contributed by atoms with Crippen molar-refractivity contribution in [2.75, 3.05) is 52.7 Å². The van der Waals surface area contributed by atoms with E-state index in [-0.39, 0.29) is 10.8 Å². The molecule has 0 aliphatic carbocycles. The molecule has 0 spiro atoms. The second kappa shape index (κ2) is 6.68. The van der Waals surface area contributed by atoms with Crippen molar-refractivity contribution in [3.05, 3.63) is 0 Å². The van der Waals surface area contributed by atoms with Gasteiger partial charge in [0.25, 0.3) is 0 Å². The van der Waals surface area contributed by atoms with Crippen LogP contribution in [0.2, 0.25) is 0 Å². The third-order valence-corrected chi connectivity index (χ3v) is 6.72. The van der Waals surface area contributed by atoms with Crippen LogP contribution in [0.15, 0.2) is 0 Å². The Labute approximate surface area is 159 Å². The lowest BCUT2D eigenvalue weighted by molar-refractivity contribution is 0.0641. The first-order valence-electron chi connectivity index (χ1n) is 10.3. The largest absolute Gasteiger partial charge is 0.360 e. The molecule has 0 amide bonds. The lowest BCUT2D eigenvalue weighted by Crippen LogP contribution is -2.44. The Morgan fingerprint density at radius 3 is 1.42 bits per heavy atom. The van der Waals surface area contributed by atoms with Crippen molar-refractivity contribution in [3.63, 3.8) is 0 Å². The zero-order chi connectivity index (χ0) is 18.7. The molecule has 150 valence electrons. The molecule has 0 aromatic rings. The normalized spacial score (nSPS) is 37.6. The van der Waals surface area contributed by atoms with E-state index in [1.807, 2.05) is 0 Å². The van der Waals surface area contributed by atoms with Crippen molar-refractivity contribution in [3.8, 4) is 0 Å². The molecule has 0 aromatic heterocycles. The third kappa shape index (κ3) is 3.56. The number of nitrogens with zero attached hydrogens (tertiary/aromatic N) is 4. The van der Waals surface area contributed by atoms with E-state index in [0.29, 0.717) is 24.5 Å². The van der Waals surface area contributed by atoms with Crippen molar-refractivity contribution in [1.29, 1.82) is 0 Å². The summed E-state index contributed by atoms with van der Waals surface area (Å²) in [4.78, 5) is 10.3. The molecule has 4 aliphatic rings. The molecule has 0 aromatic carbocycles. The van der Waals surface area contributed by atoms with Crippen molar-refractivity contribution in [1.82, 2.24) is 19.6 Å². The Bertz CT molecular complexity index is 469. The third-order valence-electron chi connectivity index (χ3n) is 6.72. The minimum Gasteiger partial charge on any atom is -0.360 e. The van der Waals surface area contributed by atoms with Gasteiger partial charge < -0.3 is 9.47 Å². The van der Waals surface area contributed by atoms with Crippen LogP contribution in [0, 0.1) is 10.8 Å². The lowest BCUT2D eigenvalue weighted by atomic mass is 9.87. The van der Waals surface area contributed by atoms with Crippen LogP contribution >= 0.6 is 0 Å². The SMILES string of the molecule is CC(C)(C)[C@H]1COC2CN(CCN3CC4OC[C@H](C(C)(C)C)N4C3)CN21. The molecule has 26 heavy (non-hydrogen) atoms. The van der Waals surface area contributed by atoms with Crippen molar-refractivity contribution in [2.45, 2.75) is 66.1 Å². The molecule has 6 heteroatoms. The van der Waals surface area contributed by atoms with E-state index < -0.39 is 0 Å². The Kier molecular flexibility index (Phi) is 4.90. The molecule has 4 aliphatic heterocycles. The van der Waals surface area contributed by atoms with Crippen LogP contribution in [0.1, 0.15) is 41.5 Å². The summed E-state index contributed by atoms with van der Waals surface area (Å²) in [5.41, 5.74) is 0.563. The van der Waals surface area contributed by atoms with E-state index in [2.05, 4.69) is 61.1 Å². The van der Waals surface area contributed by atoms with Crippen molar-refractivity contribution >= 4 is 0 Å². The molecule has 0 bridgehead atoms. The van der Waals surface area contributed by atoms with Crippen LogP contribution in [-0.2, 0) is 9.47 Å². The minimum absolute atomic E-state index is 0.281. The maximum absolute atomic E-state index is 6.07. The van der Waals surface area contributed by atoms with Gasteiger partial charge in [-0.15, -0.1) is 0 Å². The van der Waals surface area contributed by atoms with Gasteiger partial charge in [-0.3, -0.25) is 19.6 Å². The fraction of sp³-hybridized carbons (Fsp3) is 1.00. The molecule has 4 heterocycles. The second-order valence-electron chi connectivity index (χ2n) is 10.8. The van der Waals surface area contributed by atoms with Gasteiger partial charge >= 0.3 is 0 Å². The summed E-state index contributed by atoms with van der Waals surface area (Å²) < 4.78 is 12.1. The average molecular weight is 367 g/mol. The first-order chi connectivity index (χ1) is 12.1.